The summed E-state index contributed by atoms with van der Waals surface area (Å²) in [5, 5.41) is 3.08. The molecule has 1 aliphatic carbocycles. The summed E-state index contributed by atoms with van der Waals surface area (Å²) in [6, 6.07) is 0.293. The molecule has 1 rings (SSSR count). The largest absolute Gasteiger partial charge is 0.353 e. The number of rotatable bonds is 5. The Bertz CT molecular complexity index is 253. The minimum atomic E-state index is -0.0245. The van der Waals surface area contributed by atoms with E-state index in [4.69, 9.17) is 5.73 Å². The topological polar surface area (TPSA) is 55.1 Å². The number of carbonyl (C=O) groups is 1. The van der Waals surface area contributed by atoms with E-state index in [1.165, 1.54) is 19.3 Å². The molecule has 1 fully saturated rings. The molecule has 3 heteroatoms. The van der Waals surface area contributed by atoms with Crippen LogP contribution in [-0.2, 0) is 4.79 Å². The van der Waals surface area contributed by atoms with Crippen LogP contribution in [0, 0.1) is 11.3 Å². The Morgan fingerprint density at radius 1 is 1.41 bits per heavy atom. The van der Waals surface area contributed by atoms with E-state index >= 15 is 0 Å². The zero-order chi connectivity index (χ0) is 13.1. The van der Waals surface area contributed by atoms with Gasteiger partial charge in [0.15, 0.2) is 0 Å². The molecule has 2 atom stereocenters. The van der Waals surface area contributed by atoms with Crippen LogP contribution >= 0.6 is 0 Å². The zero-order valence-corrected chi connectivity index (χ0v) is 11.8. The number of hydrogen-bond donors (Lipinski definition) is 2. The summed E-state index contributed by atoms with van der Waals surface area (Å²) in [7, 11) is 0. The second-order valence-electron chi connectivity index (χ2n) is 6.78. The summed E-state index contributed by atoms with van der Waals surface area (Å²) in [6.45, 7) is 8.57. The van der Waals surface area contributed by atoms with Gasteiger partial charge in [-0.05, 0) is 37.5 Å². The summed E-state index contributed by atoms with van der Waals surface area (Å²) in [6.07, 6.45) is 5.17. The standard InChI is InChI=1S/C14H28N2O/c1-10(11-6-5-7-11)16-13(17)8-12(15)9-14(2,3)4/h10-12H,5-9,15H2,1-4H3,(H,16,17). The van der Waals surface area contributed by atoms with Gasteiger partial charge in [0.1, 0.15) is 0 Å². The van der Waals surface area contributed by atoms with Gasteiger partial charge in [-0.15, -0.1) is 0 Å². The lowest BCUT2D eigenvalue weighted by atomic mass is 9.80. The lowest BCUT2D eigenvalue weighted by Gasteiger charge is -2.32. The first-order valence-electron chi connectivity index (χ1n) is 6.83. The Morgan fingerprint density at radius 3 is 2.41 bits per heavy atom. The zero-order valence-electron chi connectivity index (χ0n) is 11.8. The van der Waals surface area contributed by atoms with Crippen LogP contribution in [0.3, 0.4) is 0 Å². The average Bonchev–Trinajstić information content (AvgIpc) is 1.93. The number of carbonyl (C=O) groups excluding carboxylic acids is 1. The van der Waals surface area contributed by atoms with E-state index in [-0.39, 0.29) is 17.4 Å². The normalized spacial score (nSPS) is 20.5. The average molecular weight is 240 g/mol. The fourth-order valence-electron chi connectivity index (χ4n) is 2.47. The summed E-state index contributed by atoms with van der Waals surface area (Å²) in [5.41, 5.74) is 6.19. The van der Waals surface area contributed by atoms with E-state index in [0.717, 1.165) is 6.42 Å². The Labute approximate surface area is 106 Å². The van der Waals surface area contributed by atoms with Gasteiger partial charge in [0.05, 0.1) is 0 Å². The first-order valence-corrected chi connectivity index (χ1v) is 6.83. The van der Waals surface area contributed by atoms with Gasteiger partial charge in [-0.3, -0.25) is 4.79 Å². The third kappa shape index (κ3) is 5.53. The monoisotopic (exact) mass is 240 g/mol. The maximum Gasteiger partial charge on any atom is 0.221 e. The van der Waals surface area contributed by atoms with Crippen molar-refractivity contribution in [1.82, 2.24) is 5.32 Å². The predicted molar refractivity (Wildman–Crippen MR) is 71.6 cm³/mol. The van der Waals surface area contributed by atoms with E-state index in [0.29, 0.717) is 18.4 Å². The highest BCUT2D eigenvalue weighted by Crippen LogP contribution is 2.29. The van der Waals surface area contributed by atoms with Gasteiger partial charge in [-0.25, -0.2) is 0 Å². The van der Waals surface area contributed by atoms with Crippen molar-refractivity contribution in [1.29, 1.82) is 0 Å². The second kappa shape index (κ2) is 5.85. The van der Waals surface area contributed by atoms with Crippen LogP contribution in [0.4, 0.5) is 0 Å². The third-order valence-electron chi connectivity index (χ3n) is 3.57. The van der Waals surface area contributed by atoms with Crippen molar-refractivity contribution in [2.24, 2.45) is 17.1 Å². The molecule has 0 aromatic rings. The van der Waals surface area contributed by atoms with E-state index in [9.17, 15) is 4.79 Å². The third-order valence-corrected chi connectivity index (χ3v) is 3.57. The van der Waals surface area contributed by atoms with Crippen LogP contribution in [0.25, 0.3) is 0 Å². The van der Waals surface area contributed by atoms with Crippen molar-refractivity contribution in [3.63, 3.8) is 0 Å². The summed E-state index contributed by atoms with van der Waals surface area (Å²) < 4.78 is 0. The summed E-state index contributed by atoms with van der Waals surface area (Å²) in [4.78, 5) is 11.8. The predicted octanol–water partition coefficient (Wildman–Crippen LogP) is 2.44. The van der Waals surface area contributed by atoms with Crippen LogP contribution in [0.5, 0.6) is 0 Å². The summed E-state index contributed by atoms with van der Waals surface area (Å²) >= 11 is 0. The molecule has 1 saturated carbocycles. The van der Waals surface area contributed by atoms with Crippen LogP contribution in [-0.4, -0.2) is 18.0 Å². The number of amides is 1. The fourth-order valence-corrected chi connectivity index (χ4v) is 2.47. The van der Waals surface area contributed by atoms with Crippen molar-refractivity contribution < 1.29 is 4.79 Å². The van der Waals surface area contributed by atoms with E-state index < -0.39 is 0 Å². The molecule has 0 aromatic carbocycles. The van der Waals surface area contributed by atoms with Gasteiger partial charge in [0.25, 0.3) is 0 Å². The maximum atomic E-state index is 11.8. The van der Waals surface area contributed by atoms with Crippen molar-refractivity contribution in [2.75, 3.05) is 0 Å². The Morgan fingerprint density at radius 2 is 2.00 bits per heavy atom. The highest BCUT2D eigenvalue weighted by Gasteiger charge is 2.25. The molecule has 0 aromatic heterocycles. The quantitative estimate of drug-likeness (QED) is 0.775. The first kappa shape index (κ1) is 14.5. The van der Waals surface area contributed by atoms with Crippen molar-refractivity contribution in [2.45, 2.75) is 71.9 Å². The highest BCUT2D eigenvalue weighted by atomic mass is 16.1. The Hall–Kier alpha value is -0.570. The second-order valence-corrected chi connectivity index (χ2v) is 6.78. The number of hydrogen-bond acceptors (Lipinski definition) is 2. The molecular formula is C14H28N2O. The smallest absolute Gasteiger partial charge is 0.221 e. The van der Waals surface area contributed by atoms with Gasteiger partial charge in [0.2, 0.25) is 5.91 Å². The van der Waals surface area contributed by atoms with Crippen molar-refractivity contribution >= 4 is 5.91 Å². The lowest BCUT2D eigenvalue weighted by Crippen LogP contribution is -2.43. The molecule has 1 aliphatic rings. The molecule has 0 saturated heterocycles. The molecule has 1 amide bonds. The van der Waals surface area contributed by atoms with Crippen LogP contribution in [0.1, 0.15) is 59.8 Å². The maximum absolute atomic E-state index is 11.8. The van der Waals surface area contributed by atoms with E-state index in [1.54, 1.807) is 0 Å². The summed E-state index contributed by atoms with van der Waals surface area (Å²) in [5.74, 6) is 0.805. The molecule has 0 bridgehead atoms. The minimum absolute atomic E-state index is 0.0245. The van der Waals surface area contributed by atoms with Gasteiger partial charge in [-0.2, -0.15) is 0 Å². The molecule has 0 heterocycles. The molecule has 3 nitrogen and oxygen atoms in total. The van der Waals surface area contributed by atoms with Gasteiger partial charge in [-0.1, -0.05) is 27.2 Å². The van der Waals surface area contributed by atoms with Crippen LogP contribution < -0.4 is 11.1 Å². The SMILES string of the molecule is CC(NC(=O)CC(N)CC(C)(C)C)C1CCC1. The first-order chi connectivity index (χ1) is 7.78. The molecule has 3 N–H and O–H groups in total. The molecule has 2 unspecified atom stereocenters. The number of nitrogens with one attached hydrogen (secondary N) is 1. The molecular weight excluding hydrogens is 212 g/mol. The van der Waals surface area contributed by atoms with Gasteiger partial charge >= 0.3 is 0 Å². The Kier molecular flexibility index (Phi) is 4.99. The van der Waals surface area contributed by atoms with Gasteiger partial charge < -0.3 is 11.1 Å². The van der Waals surface area contributed by atoms with Gasteiger partial charge in [0, 0.05) is 18.5 Å². The molecule has 0 aliphatic heterocycles. The molecule has 0 spiro atoms. The van der Waals surface area contributed by atoms with Crippen molar-refractivity contribution in [3.05, 3.63) is 0 Å². The Balaban J connectivity index is 2.23. The molecule has 100 valence electrons. The van der Waals surface area contributed by atoms with Crippen LogP contribution in [0.2, 0.25) is 0 Å². The lowest BCUT2D eigenvalue weighted by molar-refractivity contribution is -0.122. The van der Waals surface area contributed by atoms with Crippen molar-refractivity contribution in [3.8, 4) is 0 Å². The molecule has 17 heavy (non-hydrogen) atoms. The fraction of sp³-hybridized carbons (Fsp3) is 0.929. The number of nitrogens with two attached hydrogens (primary N) is 1. The minimum Gasteiger partial charge on any atom is -0.353 e. The highest BCUT2D eigenvalue weighted by molar-refractivity contribution is 5.76. The molecule has 0 radical (unpaired) electrons. The van der Waals surface area contributed by atoms with E-state index in [2.05, 4.69) is 33.0 Å². The van der Waals surface area contributed by atoms with E-state index in [1.807, 2.05) is 0 Å². The van der Waals surface area contributed by atoms with Crippen LogP contribution in [0.15, 0.2) is 0 Å².